The van der Waals surface area contributed by atoms with E-state index in [1.165, 1.54) is 16.0 Å². The van der Waals surface area contributed by atoms with Crippen LogP contribution in [0.25, 0.3) is 10.3 Å². The number of thiazole rings is 1. The number of hydrogen-bond donors (Lipinski definition) is 2. The number of anilines is 1. The Labute approximate surface area is 127 Å². The van der Waals surface area contributed by atoms with E-state index in [9.17, 15) is 0 Å². The van der Waals surface area contributed by atoms with Gasteiger partial charge in [0.2, 0.25) is 0 Å². The summed E-state index contributed by atoms with van der Waals surface area (Å²) in [5, 5.41) is 16.0. The van der Waals surface area contributed by atoms with Crippen molar-refractivity contribution in [2.24, 2.45) is 7.05 Å². The van der Waals surface area contributed by atoms with Gasteiger partial charge in [0.1, 0.15) is 0 Å². The van der Waals surface area contributed by atoms with E-state index in [1.54, 1.807) is 11.3 Å². The van der Waals surface area contributed by atoms with Gasteiger partial charge in [-0.15, -0.1) is 0 Å². The second-order valence-corrected chi connectivity index (χ2v) is 6.32. The van der Waals surface area contributed by atoms with E-state index in [2.05, 4.69) is 39.4 Å². The minimum absolute atomic E-state index is 0.913. The number of hydrogen-bond acceptors (Lipinski definition) is 5. The Kier molecular flexibility index (Phi) is 3.67. The molecule has 2 N–H and O–H groups in total. The van der Waals surface area contributed by atoms with Crippen LogP contribution >= 0.6 is 11.3 Å². The molecule has 0 aromatic carbocycles. The van der Waals surface area contributed by atoms with E-state index in [0.29, 0.717) is 0 Å². The Morgan fingerprint density at radius 3 is 2.71 bits per heavy atom. The fourth-order valence-corrected chi connectivity index (χ4v) is 3.52. The second-order valence-electron chi connectivity index (χ2n) is 5.32. The maximum absolute atomic E-state index is 4.59. The first-order valence-corrected chi connectivity index (χ1v) is 7.92. The molecule has 0 radical (unpaired) electrons. The van der Waals surface area contributed by atoms with E-state index in [0.717, 1.165) is 41.6 Å². The van der Waals surface area contributed by atoms with Gasteiger partial charge in [-0.2, -0.15) is 10.2 Å². The van der Waals surface area contributed by atoms with Crippen LogP contribution in [0.2, 0.25) is 0 Å². The van der Waals surface area contributed by atoms with Gasteiger partial charge in [0.05, 0.1) is 16.1 Å². The number of rotatable bonds is 5. The maximum Gasteiger partial charge on any atom is 0.185 e. The van der Waals surface area contributed by atoms with Crippen molar-refractivity contribution in [3.63, 3.8) is 0 Å². The SMILES string of the molecule is Cc1n[nH]c(C)c1CCCNc1nc2c(s1)c(C)nn2C. The topological polar surface area (TPSA) is 71.4 Å². The van der Waals surface area contributed by atoms with E-state index in [-0.39, 0.29) is 0 Å². The summed E-state index contributed by atoms with van der Waals surface area (Å²) in [6.45, 7) is 7.06. The zero-order valence-electron chi connectivity index (χ0n) is 12.8. The third-order valence-corrected chi connectivity index (χ3v) is 4.82. The van der Waals surface area contributed by atoms with Gasteiger partial charge in [0.15, 0.2) is 10.8 Å². The van der Waals surface area contributed by atoms with Crippen LogP contribution < -0.4 is 5.32 Å². The van der Waals surface area contributed by atoms with Crippen molar-refractivity contribution < 1.29 is 0 Å². The number of aryl methyl sites for hydroxylation is 4. The molecule has 112 valence electrons. The Bertz CT molecular complexity index is 712. The Morgan fingerprint density at radius 2 is 2.05 bits per heavy atom. The molecule has 0 unspecified atom stereocenters. The molecular formula is C14H20N6S. The van der Waals surface area contributed by atoms with E-state index < -0.39 is 0 Å². The molecule has 7 heteroatoms. The lowest BCUT2D eigenvalue weighted by atomic mass is 10.1. The molecular weight excluding hydrogens is 284 g/mol. The highest BCUT2D eigenvalue weighted by Gasteiger charge is 2.11. The molecule has 0 atom stereocenters. The van der Waals surface area contributed by atoms with Crippen molar-refractivity contribution in [1.82, 2.24) is 25.0 Å². The number of aromatic amines is 1. The van der Waals surface area contributed by atoms with Crippen LogP contribution in [0.15, 0.2) is 0 Å². The molecule has 21 heavy (non-hydrogen) atoms. The summed E-state index contributed by atoms with van der Waals surface area (Å²) in [6, 6.07) is 0. The van der Waals surface area contributed by atoms with Gasteiger partial charge in [0, 0.05) is 19.3 Å². The fraction of sp³-hybridized carbons (Fsp3) is 0.500. The summed E-state index contributed by atoms with van der Waals surface area (Å²) in [6.07, 6.45) is 2.10. The molecule has 0 aliphatic heterocycles. The third-order valence-electron chi connectivity index (χ3n) is 3.70. The molecule has 0 aliphatic carbocycles. The second kappa shape index (κ2) is 5.48. The lowest BCUT2D eigenvalue weighted by Gasteiger charge is -2.03. The molecule has 0 bridgehead atoms. The van der Waals surface area contributed by atoms with Crippen LogP contribution in [0.3, 0.4) is 0 Å². The first-order chi connectivity index (χ1) is 10.1. The average molecular weight is 304 g/mol. The smallest absolute Gasteiger partial charge is 0.185 e. The van der Waals surface area contributed by atoms with Gasteiger partial charge in [-0.05, 0) is 39.2 Å². The predicted molar refractivity (Wildman–Crippen MR) is 86.0 cm³/mol. The van der Waals surface area contributed by atoms with Crippen molar-refractivity contribution in [1.29, 1.82) is 0 Å². The third kappa shape index (κ3) is 2.65. The highest BCUT2D eigenvalue weighted by molar-refractivity contribution is 7.22. The van der Waals surface area contributed by atoms with E-state index in [1.807, 2.05) is 18.7 Å². The molecule has 0 aliphatic rings. The number of fused-ring (bicyclic) bond motifs is 1. The highest BCUT2D eigenvalue weighted by atomic mass is 32.1. The first-order valence-electron chi connectivity index (χ1n) is 7.10. The Morgan fingerprint density at radius 1 is 1.24 bits per heavy atom. The van der Waals surface area contributed by atoms with Gasteiger partial charge in [-0.1, -0.05) is 11.3 Å². The molecule has 3 rings (SSSR count). The molecule has 0 fully saturated rings. The number of H-pyrrole nitrogens is 1. The van der Waals surface area contributed by atoms with Crippen molar-refractivity contribution in [3.05, 3.63) is 22.6 Å². The average Bonchev–Trinajstić information content (AvgIpc) is 3.07. The molecule has 0 amide bonds. The lowest BCUT2D eigenvalue weighted by molar-refractivity contribution is 0.774. The largest absolute Gasteiger partial charge is 0.361 e. The number of aromatic nitrogens is 5. The van der Waals surface area contributed by atoms with Gasteiger partial charge >= 0.3 is 0 Å². The molecule has 6 nitrogen and oxygen atoms in total. The van der Waals surface area contributed by atoms with Gasteiger partial charge in [-0.3, -0.25) is 5.10 Å². The zero-order chi connectivity index (χ0) is 15.0. The van der Waals surface area contributed by atoms with Crippen LogP contribution in [0, 0.1) is 20.8 Å². The molecule has 0 spiro atoms. The van der Waals surface area contributed by atoms with Crippen molar-refractivity contribution in [3.8, 4) is 0 Å². The monoisotopic (exact) mass is 304 g/mol. The van der Waals surface area contributed by atoms with Crippen LogP contribution in [0.1, 0.15) is 29.1 Å². The van der Waals surface area contributed by atoms with Crippen LogP contribution in [0.4, 0.5) is 5.13 Å². The summed E-state index contributed by atoms with van der Waals surface area (Å²) in [5.74, 6) is 0. The molecule has 3 heterocycles. The van der Waals surface area contributed by atoms with E-state index >= 15 is 0 Å². The van der Waals surface area contributed by atoms with Crippen molar-refractivity contribution in [2.75, 3.05) is 11.9 Å². The standard InChI is InChI=1S/C14H20N6S/c1-8-11(9(2)18-17-8)6-5-7-15-14-16-13-12(21-14)10(3)19-20(13)4/h5-7H2,1-4H3,(H,15,16)(H,17,18). The quantitative estimate of drug-likeness (QED) is 0.711. The first kappa shape index (κ1) is 14.1. The van der Waals surface area contributed by atoms with Crippen molar-refractivity contribution >= 4 is 26.8 Å². The zero-order valence-corrected chi connectivity index (χ0v) is 13.6. The van der Waals surface area contributed by atoms with E-state index in [4.69, 9.17) is 0 Å². The maximum atomic E-state index is 4.59. The van der Waals surface area contributed by atoms with Crippen molar-refractivity contribution in [2.45, 2.75) is 33.6 Å². The molecule has 3 aromatic heterocycles. The van der Waals surface area contributed by atoms with Crippen LogP contribution in [-0.2, 0) is 13.5 Å². The summed E-state index contributed by atoms with van der Waals surface area (Å²) >= 11 is 1.67. The molecule has 3 aromatic rings. The van der Waals surface area contributed by atoms with Crippen LogP contribution in [0.5, 0.6) is 0 Å². The van der Waals surface area contributed by atoms with Gasteiger partial charge in [-0.25, -0.2) is 9.67 Å². The summed E-state index contributed by atoms with van der Waals surface area (Å²) in [7, 11) is 1.93. The molecule has 0 saturated carbocycles. The summed E-state index contributed by atoms with van der Waals surface area (Å²) < 4.78 is 3.01. The minimum atomic E-state index is 0.913. The lowest BCUT2D eigenvalue weighted by Crippen LogP contribution is -2.03. The Hall–Kier alpha value is -1.89. The minimum Gasteiger partial charge on any atom is -0.361 e. The summed E-state index contributed by atoms with van der Waals surface area (Å²) in [5.41, 5.74) is 5.62. The van der Waals surface area contributed by atoms with Gasteiger partial charge in [0.25, 0.3) is 0 Å². The normalized spacial score (nSPS) is 11.4. The predicted octanol–water partition coefficient (Wildman–Crippen LogP) is 2.72. The van der Waals surface area contributed by atoms with Crippen LogP contribution in [-0.4, -0.2) is 31.5 Å². The number of nitrogens with zero attached hydrogens (tertiary/aromatic N) is 4. The Balaban J connectivity index is 1.58. The summed E-state index contributed by atoms with van der Waals surface area (Å²) in [4.78, 5) is 4.59. The highest BCUT2D eigenvalue weighted by Crippen LogP contribution is 2.28. The number of nitrogens with one attached hydrogen (secondary N) is 2. The van der Waals surface area contributed by atoms with Gasteiger partial charge < -0.3 is 5.32 Å². The fourth-order valence-electron chi connectivity index (χ4n) is 2.56. The molecule has 0 saturated heterocycles.